The molecule has 1 saturated heterocycles. The minimum absolute atomic E-state index is 0. The summed E-state index contributed by atoms with van der Waals surface area (Å²) < 4.78 is 0. The van der Waals surface area contributed by atoms with Crippen molar-refractivity contribution in [1.29, 1.82) is 0 Å². The van der Waals surface area contributed by atoms with Crippen LogP contribution in [-0.4, -0.2) is 42.0 Å². The van der Waals surface area contributed by atoms with Crippen molar-refractivity contribution in [3.05, 3.63) is 53.2 Å². The predicted molar refractivity (Wildman–Crippen MR) is 99.9 cm³/mol. The fraction of sp³-hybridized carbons (Fsp3) is 0.333. The van der Waals surface area contributed by atoms with Crippen molar-refractivity contribution >= 4 is 29.8 Å². The number of hydrogen-bond donors (Lipinski definition) is 1. The number of pyridine rings is 1. The van der Waals surface area contributed by atoms with Crippen molar-refractivity contribution in [3.63, 3.8) is 0 Å². The Balaban J connectivity index is 0.00000208. The van der Waals surface area contributed by atoms with Gasteiger partial charge < -0.3 is 15.5 Å². The summed E-state index contributed by atoms with van der Waals surface area (Å²) in [6, 6.07) is 11.5. The van der Waals surface area contributed by atoms with Crippen molar-refractivity contribution in [1.82, 2.24) is 9.88 Å². The van der Waals surface area contributed by atoms with Gasteiger partial charge in [-0.25, -0.2) is 4.98 Å². The smallest absolute Gasteiger partial charge is 0.272 e. The van der Waals surface area contributed by atoms with E-state index >= 15 is 0 Å². The number of halogens is 1. The lowest BCUT2D eigenvalue weighted by molar-refractivity contribution is 0.0741. The molecule has 1 aliphatic heterocycles. The first kappa shape index (κ1) is 18.1. The second kappa shape index (κ2) is 7.53. The molecule has 0 bridgehead atoms. The minimum atomic E-state index is -0.0436. The lowest BCUT2D eigenvalue weighted by Gasteiger charge is -2.37. The van der Waals surface area contributed by atoms with Gasteiger partial charge in [-0.2, -0.15) is 0 Å². The standard InChI is InChI=1S/C18H22N4O.ClH/c1-13-5-3-7-16(14(13)2)21-9-11-22(12-10-21)18(23)15-6-4-8-17(19)20-15;/h3-8H,9-12H2,1-2H3,(H2,19,20);1H. The number of rotatable bonds is 2. The van der Waals surface area contributed by atoms with Gasteiger partial charge in [0.05, 0.1) is 0 Å². The average molecular weight is 347 g/mol. The summed E-state index contributed by atoms with van der Waals surface area (Å²) in [5.41, 5.74) is 9.96. The number of carbonyl (C=O) groups is 1. The van der Waals surface area contributed by atoms with E-state index in [2.05, 4.69) is 41.9 Å². The number of nitrogen functional groups attached to an aromatic ring is 1. The summed E-state index contributed by atoms with van der Waals surface area (Å²) in [5.74, 6) is 0.336. The van der Waals surface area contributed by atoms with E-state index in [4.69, 9.17) is 5.73 Å². The Morgan fingerprint density at radius 3 is 2.38 bits per heavy atom. The van der Waals surface area contributed by atoms with Gasteiger partial charge in [0, 0.05) is 31.9 Å². The SMILES string of the molecule is Cc1cccc(N2CCN(C(=O)c3cccc(N)n3)CC2)c1C.Cl. The molecule has 3 rings (SSSR count). The molecule has 0 radical (unpaired) electrons. The average Bonchev–Trinajstić information content (AvgIpc) is 2.57. The Hall–Kier alpha value is -2.27. The molecule has 0 saturated carbocycles. The number of aromatic nitrogens is 1. The number of nitrogens with zero attached hydrogens (tertiary/aromatic N) is 3. The van der Waals surface area contributed by atoms with Crippen LogP contribution in [0.5, 0.6) is 0 Å². The van der Waals surface area contributed by atoms with E-state index in [1.165, 1.54) is 16.8 Å². The third kappa shape index (κ3) is 3.62. The van der Waals surface area contributed by atoms with Crippen molar-refractivity contribution in [3.8, 4) is 0 Å². The molecular formula is C18H23ClN4O. The number of piperazine rings is 1. The van der Waals surface area contributed by atoms with Gasteiger partial charge in [0.25, 0.3) is 5.91 Å². The Morgan fingerprint density at radius 1 is 1.04 bits per heavy atom. The molecule has 0 atom stereocenters. The number of anilines is 2. The lowest BCUT2D eigenvalue weighted by Crippen LogP contribution is -2.49. The van der Waals surface area contributed by atoms with Gasteiger partial charge in [-0.05, 0) is 43.2 Å². The quantitative estimate of drug-likeness (QED) is 0.908. The summed E-state index contributed by atoms with van der Waals surface area (Å²) in [7, 11) is 0. The number of aryl methyl sites for hydroxylation is 1. The highest BCUT2D eigenvalue weighted by molar-refractivity contribution is 5.92. The van der Waals surface area contributed by atoms with Gasteiger partial charge in [-0.1, -0.05) is 18.2 Å². The van der Waals surface area contributed by atoms with Crippen LogP contribution in [0.2, 0.25) is 0 Å². The summed E-state index contributed by atoms with van der Waals surface area (Å²) >= 11 is 0. The van der Waals surface area contributed by atoms with E-state index in [-0.39, 0.29) is 18.3 Å². The van der Waals surface area contributed by atoms with E-state index in [1.807, 2.05) is 4.90 Å². The molecule has 5 nitrogen and oxygen atoms in total. The molecule has 128 valence electrons. The number of carbonyl (C=O) groups excluding carboxylic acids is 1. The van der Waals surface area contributed by atoms with Gasteiger partial charge in [0.15, 0.2) is 0 Å². The van der Waals surface area contributed by atoms with Crippen LogP contribution in [0.25, 0.3) is 0 Å². The van der Waals surface area contributed by atoms with Crippen molar-refractivity contribution in [2.75, 3.05) is 36.8 Å². The van der Waals surface area contributed by atoms with Crippen LogP contribution in [0.1, 0.15) is 21.6 Å². The first-order chi connectivity index (χ1) is 11.1. The van der Waals surface area contributed by atoms with E-state index in [9.17, 15) is 4.79 Å². The molecule has 2 aromatic rings. The van der Waals surface area contributed by atoms with E-state index < -0.39 is 0 Å². The zero-order valence-electron chi connectivity index (χ0n) is 14.0. The summed E-state index contributed by atoms with van der Waals surface area (Å²) in [6.07, 6.45) is 0. The Kier molecular flexibility index (Phi) is 5.67. The Morgan fingerprint density at radius 2 is 1.71 bits per heavy atom. The second-order valence-corrected chi connectivity index (χ2v) is 5.95. The zero-order chi connectivity index (χ0) is 16.4. The zero-order valence-corrected chi connectivity index (χ0v) is 14.8. The van der Waals surface area contributed by atoms with Gasteiger partial charge in [0.1, 0.15) is 11.5 Å². The first-order valence-corrected chi connectivity index (χ1v) is 7.89. The molecule has 1 amide bonds. The van der Waals surface area contributed by atoms with E-state index in [0.29, 0.717) is 24.6 Å². The number of nitrogens with two attached hydrogens (primary N) is 1. The Bertz CT molecular complexity index is 727. The normalized spacial score (nSPS) is 14.2. The molecule has 1 aromatic heterocycles. The number of hydrogen-bond acceptors (Lipinski definition) is 4. The Labute approximate surface area is 148 Å². The third-order valence-electron chi connectivity index (χ3n) is 4.47. The fourth-order valence-electron chi connectivity index (χ4n) is 2.96. The second-order valence-electron chi connectivity index (χ2n) is 5.95. The molecule has 2 heterocycles. The summed E-state index contributed by atoms with van der Waals surface area (Å²) in [5, 5.41) is 0. The molecule has 1 fully saturated rings. The van der Waals surface area contributed by atoms with Crippen LogP contribution in [0.3, 0.4) is 0 Å². The van der Waals surface area contributed by atoms with Crippen LogP contribution in [0, 0.1) is 13.8 Å². The van der Waals surface area contributed by atoms with Gasteiger partial charge in [0.2, 0.25) is 0 Å². The maximum Gasteiger partial charge on any atom is 0.272 e. The highest BCUT2D eigenvalue weighted by atomic mass is 35.5. The van der Waals surface area contributed by atoms with Crippen LogP contribution in [0.4, 0.5) is 11.5 Å². The summed E-state index contributed by atoms with van der Waals surface area (Å²) in [4.78, 5) is 20.8. The summed E-state index contributed by atoms with van der Waals surface area (Å²) in [6.45, 7) is 7.34. The lowest BCUT2D eigenvalue weighted by atomic mass is 10.1. The maximum absolute atomic E-state index is 12.5. The molecule has 1 aromatic carbocycles. The monoisotopic (exact) mass is 346 g/mol. The molecule has 0 spiro atoms. The highest BCUT2D eigenvalue weighted by Crippen LogP contribution is 2.24. The van der Waals surface area contributed by atoms with Crippen LogP contribution < -0.4 is 10.6 Å². The molecule has 6 heteroatoms. The van der Waals surface area contributed by atoms with Crippen LogP contribution >= 0.6 is 12.4 Å². The molecule has 2 N–H and O–H groups in total. The molecule has 1 aliphatic rings. The molecule has 0 aliphatic carbocycles. The maximum atomic E-state index is 12.5. The third-order valence-corrected chi connectivity index (χ3v) is 4.47. The fourth-order valence-corrected chi connectivity index (χ4v) is 2.96. The highest BCUT2D eigenvalue weighted by Gasteiger charge is 2.23. The first-order valence-electron chi connectivity index (χ1n) is 7.89. The van der Waals surface area contributed by atoms with Crippen molar-refractivity contribution in [2.45, 2.75) is 13.8 Å². The van der Waals surface area contributed by atoms with Gasteiger partial charge in [-0.3, -0.25) is 4.79 Å². The van der Waals surface area contributed by atoms with Crippen molar-refractivity contribution in [2.24, 2.45) is 0 Å². The van der Waals surface area contributed by atoms with Gasteiger partial charge >= 0.3 is 0 Å². The topological polar surface area (TPSA) is 62.5 Å². The van der Waals surface area contributed by atoms with Crippen LogP contribution in [0.15, 0.2) is 36.4 Å². The molecule has 24 heavy (non-hydrogen) atoms. The minimum Gasteiger partial charge on any atom is -0.384 e. The van der Waals surface area contributed by atoms with Crippen LogP contribution in [-0.2, 0) is 0 Å². The molecular weight excluding hydrogens is 324 g/mol. The molecule has 0 unspecified atom stereocenters. The van der Waals surface area contributed by atoms with E-state index in [0.717, 1.165) is 13.1 Å². The largest absolute Gasteiger partial charge is 0.384 e. The van der Waals surface area contributed by atoms with Gasteiger partial charge in [-0.15, -0.1) is 12.4 Å². The van der Waals surface area contributed by atoms with Crippen molar-refractivity contribution < 1.29 is 4.79 Å². The number of amides is 1. The predicted octanol–water partition coefficient (Wildman–Crippen LogP) is 2.66. The number of benzene rings is 1. The van der Waals surface area contributed by atoms with E-state index in [1.54, 1.807) is 18.2 Å².